The largest absolute Gasteiger partial charge is 0.324 e. The number of nitrogens with one attached hydrogen (secondary N) is 1. The molecule has 0 saturated carbocycles. The Morgan fingerprint density at radius 2 is 1.79 bits per heavy atom. The Hall–Kier alpha value is -3.74. The van der Waals surface area contributed by atoms with Gasteiger partial charge in [0.1, 0.15) is 6.54 Å². The lowest BCUT2D eigenvalue weighted by Gasteiger charge is -2.10. The van der Waals surface area contributed by atoms with Crippen LogP contribution in [0.5, 0.6) is 0 Å². The second-order valence-corrected chi connectivity index (χ2v) is 6.60. The van der Waals surface area contributed by atoms with Gasteiger partial charge in [0, 0.05) is 22.8 Å². The van der Waals surface area contributed by atoms with Gasteiger partial charge in [-0.3, -0.25) is 9.59 Å². The molecule has 28 heavy (non-hydrogen) atoms. The summed E-state index contributed by atoms with van der Waals surface area (Å²) in [6, 6.07) is 18.4. The lowest BCUT2D eigenvalue weighted by Crippen LogP contribution is -2.30. The van der Waals surface area contributed by atoms with Crippen molar-refractivity contribution in [2.75, 3.05) is 5.32 Å². The molecule has 0 atom stereocenters. The molecule has 7 heteroatoms. The minimum atomic E-state index is -0.349. The summed E-state index contributed by atoms with van der Waals surface area (Å²) in [5, 5.41) is 13.5. The highest BCUT2D eigenvalue weighted by Gasteiger charge is 2.11. The van der Waals surface area contributed by atoms with Gasteiger partial charge < -0.3 is 5.32 Å². The van der Waals surface area contributed by atoms with Crippen LogP contribution in [0.2, 0.25) is 0 Å². The first-order valence-electron chi connectivity index (χ1n) is 8.91. The summed E-state index contributed by atoms with van der Waals surface area (Å²) >= 11 is 0. The Labute approximate surface area is 161 Å². The summed E-state index contributed by atoms with van der Waals surface area (Å²) in [7, 11) is 0. The van der Waals surface area contributed by atoms with E-state index in [1.807, 2.05) is 62.4 Å². The quantitative estimate of drug-likeness (QED) is 0.596. The number of hydrogen-bond acceptors (Lipinski definition) is 4. The zero-order valence-corrected chi connectivity index (χ0v) is 15.6. The molecule has 4 aromatic rings. The number of fused-ring (bicyclic) bond motifs is 1. The number of carbonyl (C=O) groups is 1. The third kappa shape index (κ3) is 3.42. The van der Waals surface area contributed by atoms with Crippen LogP contribution in [0.25, 0.3) is 16.6 Å². The van der Waals surface area contributed by atoms with E-state index in [1.165, 1.54) is 6.07 Å². The third-order valence-corrected chi connectivity index (χ3v) is 4.44. The Bertz CT molecular complexity index is 1230. The molecule has 0 fully saturated rings. The molecule has 2 aromatic carbocycles. The molecular formula is C21H19N5O2. The van der Waals surface area contributed by atoms with Crippen LogP contribution in [-0.2, 0) is 11.3 Å². The molecule has 1 N–H and O–H groups in total. The van der Waals surface area contributed by atoms with Gasteiger partial charge in [0.15, 0.2) is 5.82 Å². The molecule has 0 aliphatic rings. The predicted molar refractivity (Wildman–Crippen MR) is 108 cm³/mol. The average Bonchev–Trinajstić information content (AvgIpc) is 3.02. The van der Waals surface area contributed by atoms with Crippen LogP contribution >= 0.6 is 0 Å². The maximum absolute atomic E-state index is 12.6. The van der Waals surface area contributed by atoms with Gasteiger partial charge in [-0.15, -0.1) is 5.10 Å². The highest BCUT2D eigenvalue weighted by Crippen LogP contribution is 2.22. The monoisotopic (exact) mass is 373 g/mol. The molecule has 2 aromatic heterocycles. The zero-order valence-electron chi connectivity index (χ0n) is 15.6. The maximum atomic E-state index is 12.6. The van der Waals surface area contributed by atoms with Crippen molar-refractivity contribution >= 4 is 22.4 Å². The summed E-state index contributed by atoms with van der Waals surface area (Å²) in [4.78, 5) is 24.7. The maximum Gasteiger partial charge on any atom is 0.267 e. The average molecular weight is 373 g/mol. The number of aromatic nitrogens is 4. The van der Waals surface area contributed by atoms with Gasteiger partial charge in [0.2, 0.25) is 5.91 Å². The van der Waals surface area contributed by atoms with Crippen molar-refractivity contribution in [1.82, 2.24) is 19.6 Å². The van der Waals surface area contributed by atoms with E-state index >= 15 is 0 Å². The standard InChI is InChI=1S/C21H19N5O2/c1-14-12-15(2)26(23-14)19-10-11-21(28)25(24-19)13-20(27)22-18-9-5-7-16-6-3-4-8-17(16)18/h3-12H,13H2,1-2H3,(H,22,27). The van der Waals surface area contributed by atoms with Crippen molar-refractivity contribution in [3.63, 3.8) is 0 Å². The highest BCUT2D eigenvalue weighted by molar-refractivity contribution is 6.01. The van der Waals surface area contributed by atoms with Crippen LogP contribution in [0.4, 0.5) is 5.69 Å². The van der Waals surface area contributed by atoms with E-state index in [2.05, 4.69) is 15.5 Å². The van der Waals surface area contributed by atoms with Crippen molar-refractivity contribution in [3.05, 3.63) is 82.4 Å². The van der Waals surface area contributed by atoms with Gasteiger partial charge in [-0.1, -0.05) is 36.4 Å². The van der Waals surface area contributed by atoms with Crippen LogP contribution in [0.3, 0.4) is 0 Å². The predicted octanol–water partition coefficient (Wildman–Crippen LogP) is 2.84. The number of nitrogens with zero attached hydrogens (tertiary/aromatic N) is 4. The van der Waals surface area contributed by atoms with E-state index in [-0.39, 0.29) is 18.0 Å². The molecule has 7 nitrogen and oxygen atoms in total. The van der Waals surface area contributed by atoms with Crippen molar-refractivity contribution in [1.29, 1.82) is 0 Å². The van der Waals surface area contributed by atoms with Crippen LogP contribution in [0.15, 0.2) is 65.5 Å². The molecule has 2 heterocycles. The minimum Gasteiger partial charge on any atom is -0.324 e. The molecule has 0 radical (unpaired) electrons. The Morgan fingerprint density at radius 1 is 1.00 bits per heavy atom. The SMILES string of the molecule is Cc1cc(C)n(-c2ccc(=O)n(CC(=O)Nc3cccc4ccccc34)n2)n1. The second kappa shape index (κ2) is 7.11. The van der Waals surface area contributed by atoms with E-state index in [1.54, 1.807) is 10.7 Å². The Morgan fingerprint density at radius 3 is 2.57 bits per heavy atom. The van der Waals surface area contributed by atoms with Crippen LogP contribution in [0, 0.1) is 13.8 Å². The molecule has 0 aliphatic carbocycles. The molecule has 0 bridgehead atoms. The van der Waals surface area contributed by atoms with Crippen LogP contribution < -0.4 is 10.9 Å². The number of hydrogen-bond donors (Lipinski definition) is 1. The van der Waals surface area contributed by atoms with Gasteiger partial charge in [0.05, 0.1) is 5.69 Å². The lowest BCUT2D eigenvalue weighted by atomic mass is 10.1. The van der Waals surface area contributed by atoms with Gasteiger partial charge in [-0.2, -0.15) is 5.10 Å². The summed E-state index contributed by atoms with van der Waals surface area (Å²) < 4.78 is 2.79. The van der Waals surface area contributed by atoms with E-state index in [0.29, 0.717) is 11.5 Å². The summed E-state index contributed by atoms with van der Waals surface area (Å²) in [5.74, 6) is 0.166. The van der Waals surface area contributed by atoms with Crippen molar-refractivity contribution in [3.8, 4) is 5.82 Å². The number of benzene rings is 2. The van der Waals surface area contributed by atoms with E-state index in [4.69, 9.17) is 0 Å². The summed E-state index contributed by atoms with van der Waals surface area (Å²) in [5.41, 5.74) is 2.10. The fraction of sp³-hybridized carbons (Fsp3) is 0.143. The van der Waals surface area contributed by atoms with E-state index < -0.39 is 0 Å². The fourth-order valence-corrected chi connectivity index (χ4v) is 3.19. The van der Waals surface area contributed by atoms with E-state index in [0.717, 1.165) is 26.8 Å². The number of aryl methyl sites for hydroxylation is 2. The number of carbonyl (C=O) groups excluding carboxylic acids is 1. The van der Waals surface area contributed by atoms with Gasteiger partial charge >= 0.3 is 0 Å². The topological polar surface area (TPSA) is 81.8 Å². The lowest BCUT2D eigenvalue weighted by molar-refractivity contribution is -0.117. The van der Waals surface area contributed by atoms with E-state index in [9.17, 15) is 9.59 Å². The smallest absolute Gasteiger partial charge is 0.267 e. The number of rotatable bonds is 4. The van der Waals surface area contributed by atoms with Crippen molar-refractivity contribution in [2.45, 2.75) is 20.4 Å². The highest BCUT2D eigenvalue weighted by atomic mass is 16.2. The minimum absolute atomic E-state index is 0.185. The van der Waals surface area contributed by atoms with Crippen LogP contribution in [-0.4, -0.2) is 25.5 Å². The zero-order chi connectivity index (χ0) is 19.7. The molecule has 140 valence electrons. The summed E-state index contributed by atoms with van der Waals surface area (Å²) in [6.45, 7) is 3.61. The third-order valence-electron chi connectivity index (χ3n) is 4.44. The Balaban J connectivity index is 1.60. The first-order valence-corrected chi connectivity index (χ1v) is 8.91. The normalized spacial score (nSPS) is 10.9. The van der Waals surface area contributed by atoms with Gasteiger partial charge in [-0.05, 0) is 37.4 Å². The molecular weight excluding hydrogens is 354 g/mol. The number of anilines is 1. The van der Waals surface area contributed by atoms with Crippen LogP contribution in [0.1, 0.15) is 11.4 Å². The van der Waals surface area contributed by atoms with Crippen molar-refractivity contribution in [2.24, 2.45) is 0 Å². The molecule has 0 unspecified atom stereocenters. The number of amides is 1. The molecule has 0 aliphatic heterocycles. The Kier molecular flexibility index (Phi) is 4.49. The second-order valence-electron chi connectivity index (χ2n) is 6.60. The summed E-state index contributed by atoms with van der Waals surface area (Å²) in [6.07, 6.45) is 0. The molecule has 1 amide bonds. The first kappa shape index (κ1) is 17.7. The molecule has 4 rings (SSSR count). The van der Waals surface area contributed by atoms with Gasteiger partial charge in [0.25, 0.3) is 5.56 Å². The first-order chi connectivity index (χ1) is 13.5. The molecule has 0 saturated heterocycles. The van der Waals surface area contributed by atoms with Gasteiger partial charge in [-0.25, -0.2) is 9.36 Å². The molecule has 0 spiro atoms. The van der Waals surface area contributed by atoms with Crippen molar-refractivity contribution < 1.29 is 4.79 Å². The fourth-order valence-electron chi connectivity index (χ4n) is 3.19.